The summed E-state index contributed by atoms with van der Waals surface area (Å²) < 4.78 is 40.6. The zero-order chi connectivity index (χ0) is 71.7. The van der Waals surface area contributed by atoms with Gasteiger partial charge in [-0.1, -0.05) is 26.0 Å². The first-order valence-electron chi connectivity index (χ1n) is 33.8. The number of hydrogen-bond donors (Lipinski definition) is 6. The summed E-state index contributed by atoms with van der Waals surface area (Å²) in [6.45, 7) is 12.0. The molecule has 542 valence electrons. The maximum Gasteiger partial charge on any atom is 0.415 e. The Morgan fingerprint density at radius 3 is 2.11 bits per heavy atom. The third-order valence-electron chi connectivity index (χ3n) is 17.2. The molecular weight excluding hydrogens is 1330 g/mol. The highest BCUT2D eigenvalue weighted by atomic mass is 35.5. The van der Waals surface area contributed by atoms with Gasteiger partial charge in [-0.15, -0.1) is 22.9 Å². The minimum absolute atomic E-state index is 0.00248. The van der Waals surface area contributed by atoms with E-state index in [1.807, 2.05) is 36.6 Å². The Hall–Kier alpha value is -8.71. The van der Waals surface area contributed by atoms with Gasteiger partial charge in [-0.2, -0.15) is 0 Å². The smallest absolute Gasteiger partial charge is 0.415 e. The van der Waals surface area contributed by atoms with Gasteiger partial charge in [0.15, 0.2) is 11.5 Å². The average molecular weight is 1430 g/mol. The third-order valence-corrected chi connectivity index (χ3v) is 18.7. The molecule has 1 saturated heterocycles. The first kappa shape index (κ1) is 77.0. The molecule has 3 aliphatic rings. The summed E-state index contributed by atoms with van der Waals surface area (Å²) in [5.74, 6) is -2.70. The van der Waals surface area contributed by atoms with E-state index >= 15 is 0 Å². The fourth-order valence-corrected chi connectivity index (χ4v) is 12.9. The number of benzene rings is 3. The molecule has 0 saturated carbocycles. The number of thiophene rings is 1. The highest BCUT2D eigenvalue weighted by Crippen LogP contribution is 2.49. The summed E-state index contributed by atoms with van der Waals surface area (Å²) in [7, 11) is 3.10. The summed E-state index contributed by atoms with van der Waals surface area (Å²) >= 11 is 8.06. The molecule has 0 unspecified atom stereocenters. The van der Waals surface area contributed by atoms with Gasteiger partial charge in [-0.3, -0.25) is 43.4 Å². The number of aryl methyl sites for hydroxylation is 1. The number of rotatable bonds is 41. The Morgan fingerprint density at radius 1 is 0.770 bits per heavy atom. The van der Waals surface area contributed by atoms with Crippen molar-refractivity contribution in [1.29, 1.82) is 0 Å². The van der Waals surface area contributed by atoms with Crippen LogP contribution < -0.4 is 41.4 Å². The number of aromatic amines is 1. The molecule has 0 aliphatic carbocycles. The van der Waals surface area contributed by atoms with E-state index in [4.69, 9.17) is 50.5 Å². The molecule has 28 nitrogen and oxygen atoms in total. The molecular formula is C70H92ClN11O17S. The first-order chi connectivity index (χ1) is 48.2. The van der Waals surface area contributed by atoms with Crippen LogP contribution in [0, 0.1) is 18.8 Å². The van der Waals surface area contributed by atoms with Crippen LogP contribution >= 0.6 is 22.9 Å². The largest absolute Gasteiger partial charge is 0.492 e. The number of Topliss-reactive ketones (excluding diaryl/α,β-unsaturated/α-hetero) is 1. The predicted octanol–water partition coefficient (Wildman–Crippen LogP) is 6.84. The van der Waals surface area contributed by atoms with E-state index in [0.29, 0.717) is 68.6 Å². The maximum absolute atomic E-state index is 14.5. The Morgan fingerprint density at radius 2 is 1.44 bits per heavy atom. The number of ketones is 1. The van der Waals surface area contributed by atoms with Crippen molar-refractivity contribution < 1.29 is 81.1 Å². The number of likely N-dealkylation sites (tertiary alicyclic amines) is 1. The highest BCUT2D eigenvalue weighted by Gasteiger charge is 2.38. The zero-order valence-corrected chi connectivity index (χ0v) is 58.9. The minimum Gasteiger partial charge on any atom is -0.492 e. The maximum atomic E-state index is 14.5. The number of amides is 10. The fourth-order valence-electron chi connectivity index (χ4n) is 11.7. The summed E-state index contributed by atoms with van der Waals surface area (Å²) in [5, 5.41) is 14.6. The van der Waals surface area contributed by atoms with E-state index < -0.39 is 53.8 Å². The number of primary amides is 1. The molecule has 2 aromatic heterocycles. The van der Waals surface area contributed by atoms with Crippen LogP contribution in [0.15, 0.2) is 72.1 Å². The van der Waals surface area contributed by atoms with Crippen molar-refractivity contribution in [3.63, 3.8) is 0 Å². The van der Waals surface area contributed by atoms with E-state index in [1.54, 1.807) is 63.2 Å². The molecule has 0 spiro atoms. The second-order valence-corrected chi connectivity index (χ2v) is 26.2. The van der Waals surface area contributed by atoms with Crippen LogP contribution in [-0.4, -0.2) is 228 Å². The van der Waals surface area contributed by atoms with Gasteiger partial charge in [0.1, 0.15) is 24.7 Å². The lowest BCUT2D eigenvalue weighted by atomic mass is 9.89. The van der Waals surface area contributed by atoms with Crippen molar-refractivity contribution in [2.75, 3.05) is 149 Å². The predicted molar refractivity (Wildman–Crippen MR) is 376 cm³/mol. The standard InChI is InChI=1S/C70H92ClN11O17S/c1-45(2)64(77-59(85)19-28-93-31-33-95-35-36-96-34-32-94-29-21-73-58(84)18-24-81-60(86)16-17-61(81)87)56(83)39-48(9-8-20-74-68(72)90)66(88)75-51-12-10-47(11-13-51)43-98-69(91)78(4)25-26-79(5)70(92)99-57-40-55-63(62-46(3)44-100-65(57)62)50(41-71)42-82(55)67(89)54-38-49-37-52(14-15-53(49)76-54)97-30-27-80-22-6-7-23-80/h10-17,37-38,40,44-45,48,50,64,76H,6-9,18-36,39,41-43H2,1-5H3,(H,73,84)(H,75,88)(H,77,85)(H3,72,74,90)/t48-,50-,64+/m1/s1. The van der Waals surface area contributed by atoms with Crippen molar-refractivity contribution in [3.8, 4) is 11.5 Å². The molecule has 30 heteroatoms. The molecule has 100 heavy (non-hydrogen) atoms. The number of H-pyrrole nitrogens is 1. The molecule has 0 radical (unpaired) electrons. The summed E-state index contributed by atoms with van der Waals surface area (Å²) in [6, 6.07) is 14.3. The summed E-state index contributed by atoms with van der Waals surface area (Å²) in [5.41, 5.74) is 9.97. The number of urea groups is 1. The van der Waals surface area contributed by atoms with Gasteiger partial charge < -0.3 is 79.8 Å². The number of nitrogens with zero attached hydrogens (tertiary/aromatic N) is 5. The van der Waals surface area contributed by atoms with E-state index in [1.165, 1.54) is 46.1 Å². The number of carbonyl (C=O) groups is 10. The fraction of sp³-hybridized carbons (Fsp3) is 0.514. The van der Waals surface area contributed by atoms with Gasteiger partial charge in [0.25, 0.3) is 17.7 Å². The molecule has 3 atom stereocenters. The molecule has 0 bridgehead atoms. The van der Waals surface area contributed by atoms with Gasteiger partial charge in [0.2, 0.25) is 17.7 Å². The molecule has 1 fully saturated rings. The molecule has 3 aromatic carbocycles. The lowest BCUT2D eigenvalue weighted by Crippen LogP contribution is -2.45. The van der Waals surface area contributed by atoms with Crippen LogP contribution in [0.2, 0.25) is 0 Å². The number of carbonyl (C=O) groups excluding carboxylic acids is 10. The number of nitrogens with one attached hydrogen (secondary N) is 5. The molecule has 3 aliphatic heterocycles. The van der Waals surface area contributed by atoms with Crippen molar-refractivity contribution in [3.05, 3.63) is 94.5 Å². The number of ether oxygens (including phenoxy) is 7. The number of nitrogens with two attached hydrogens (primary N) is 1. The van der Waals surface area contributed by atoms with E-state index in [2.05, 4.69) is 31.2 Å². The Kier molecular flexibility index (Phi) is 29.9. The van der Waals surface area contributed by atoms with Crippen LogP contribution in [0.4, 0.5) is 25.8 Å². The second-order valence-electron chi connectivity index (χ2n) is 25.0. The number of hydrogen-bond acceptors (Lipinski definition) is 19. The number of likely N-dealkylation sites (N-methyl/N-ethyl adjacent to an activating group) is 2. The van der Waals surface area contributed by atoms with Gasteiger partial charge in [0.05, 0.1) is 69.3 Å². The topological polar surface area (TPSA) is 341 Å². The van der Waals surface area contributed by atoms with Crippen LogP contribution in [0.3, 0.4) is 0 Å². The van der Waals surface area contributed by atoms with Crippen molar-refractivity contribution in [2.45, 2.75) is 84.3 Å². The van der Waals surface area contributed by atoms with Crippen molar-refractivity contribution >= 4 is 115 Å². The second kappa shape index (κ2) is 38.8. The number of aromatic nitrogens is 1. The lowest BCUT2D eigenvalue weighted by molar-refractivity contribution is -0.137. The highest BCUT2D eigenvalue weighted by molar-refractivity contribution is 7.17. The number of halogens is 1. The summed E-state index contributed by atoms with van der Waals surface area (Å²) in [4.78, 5) is 140. The normalized spacial score (nSPS) is 14.9. The average Bonchev–Trinajstić information content (AvgIpc) is 1.58. The van der Waals surface area contributed by atoms with Crippen molar-refractivity contribution in [1.82, 2.24) is 40.5 Å². The van der Waals surface area contributed by atoms with Crippen LogP contribution in [0.5, 0.6) is 11.5 Å². The lowest BCUT2D eigenvalue weighted by Gasteiger charge is -2.24. The van der Waals surface area contributed by atoms with E-state index in [-0.39, 0.29) is 133 Å². The number of alkyl halides is 1. The van der Waals surface area contributed by atoms with Gasteiger partial charge in [-0.25, -0.2) is 14.4 Å². The van der Waals surface area contributed by atoms with Gasteiger partial charge in [-0.05, 0) is 110 Å². The zero-order valence-electron chi connectivity index (χ0n) is 57.4. The van der Waals surface area contributed by atoms with Gasteiger partial charge >= 0.3 is 18.2 Å². The Labute approximate surface area is 590 Å². The molecule has 7 N–H and O–H groups in total. The minimum atomic E-state index is -0.903. The van der Waals surface area contributed by atoms with Crippen LogP contribution in [0.1, 0.15) is 91.9 Å². The van der Waals surface area contributed by atoms with Crippen molar-refractivity contribution in [2.24, 2.45) is 17.6 Å². The molecule has 5 heterocycles. The quantitative estimate of drug-likeness (QED) is 0.0132. The Bertz CT molecular complexity index is 3670. The molecule has 5 aromatic rings. The number of anilines is 2. The number of imide groups is 1. The molecule has 8 rings (SSSR count). The van der Waals surface area contributed by atoms with Crippen LogP contribution in [-0.2, 0) is 59.1 Å². The first-order valence-corrected chi connectivity index (χ1v) is 35.2. The van der Waals surface area contributed by atoms with Gasteiger partial charge in [0, 0.05) is 137 Å². The SMILES string of the molecule is Cc1csc2c(OC(=O)N(C)CCN(C)C(=O)OCc3ccc(NC(=O)[C@H](CCCNC(N)=O)CC(=O)[C@@H](NC(=O)CCOCCOCCOCCOCCNC(=O)CCN4C(=O)C=CC4=O)C(C)C)cc3)cc3c(c12)[C@H](CCl)CN3C(=O)c1cc2cc(OCCN3CCCC3)ccc2[nH]1. The summed E-state index contributed by atoms with van der Waals surface area (Å²) in [6.07, 6.45) is 3.73. The molecule has 10 amide bonds. The monoisotopic (exact) mass is 1430 g/mol. The number of fused-ring (bicyclic) bond motifs is 4. The van der Waals surface area contributed by atoms with E-state index in [9.17, 15) is 47.9 Å². The van der Waals surface area contributed by atoms with Crippen LogP contribution in [0.25, 0.3) is 21.0 Å². The third kappa shape index (κ3) is 22.7. The Balaban J connectivity index is 0.728. The van der Waals surface area contributed by atoms with E-state index in [0.717, 1.165) is 62.4 Å².